The summed E-state index contributed by atoms with van der Waals surface area (Å²) in [5, 5.41) is 12.6. The van der Waals surface area contributed by atoms with E-state index in [1.54, 1.807) is 23.5 Å². The van der Waals surface area contributed by atoms with Crippen molar-refractivity contribution in [3.8, 4) is 6.07 Å². The van der Waals surface area contributed by atoms with Crippen molar-refractivity contribution in [1.29, 1.82) is 5.26 Å². The van der Waals surface area contributed by atoms with E-state index < -0.39 is 0 Å². The molecule has 13 heavy (non-hydrogen) atoms. The summed E-state index contributed by atoms with van der Waals surface area (Å²) in [5.41, 5.74) is 0.699. The third kappa shape index (κ3) is 1.43. The monoisotopic (exact) mass is 319 g/mol. The number of halogens is 2. The maximum Gasteiger partial charge on any atom is 0.0998 e. The van der Waals surface area contributed by atoms with Crippen LogP contribution in [0.5, 0.6) is 0 Å². The lowest BCUT2D eigenvalue weighted by atomic mass is 10.1. The van der Waals surface area contributed by atoms with Gasteiger partial charge in [0, 0.05) is 14.3 Å². The Hall–Kier alpha value is -0.310. The van der Waals surface area contributed by atoms with Gasteiger partial charge in [0.25, 0.3) is 0 Å². The van der Waals surface area contributed by atoms with Crippen LogP contribution < -0.4 is 0 Å². The minimum Gasteiger partial charge on any atom is -0.192 e. The Bertz CT molecular complexity index is 512. The summed E-state index contributed by atoms with van der Waals surface area (Å²) in [7, 11) is 0. The Kier molecular flexibility index (Phi) is 2.45. The highest BCUT2D eigenvalue weighted by Crippen LogP contribution is 2.34. The van der Waals surface area contributed by atoms with Gasteiger partial charge in [0.2, 0.25) is 0 Å². The number of rotatable bonds is 0. The molecular weight excluding hydrogens is 317 g/mol. The summed E-state index contributed by atoms with van der Waals surface area (Å²) >= 11 is 9.80. The van der Waals surface area contributed by atoms with E-state index in [0.717, 1.165) is 18.7 Å². The van der Waals surface area contributed by atoms with Crippen molar-refractivity contribution in [2.75, 3.05) is 0 Å². The lowest BCUT2D eigenvalue weighted by molar-refractivity contribution is 1.51. The average Bonchev–Trinajstić information content (AvgIpc) is 2.51. The molecule has 0 aliphatic heterocycles. The van der Waals surface area contributed by atoms with Gasteiger partial charge in [-0.1, -0.05) is 11.6 Å². The van der Waals surface area contributed by atoms with E-state index in [0.29, 0.717) is 5.56 Å². The number of nitriles is 1. The summed E-state index contributed by atoms with van der Waals surface area (Å²) in [6, 6.07) is 5.70. The minimum absolute atomic E-state index is 0.699. The second-order valence-corrected chi connectivity index (χ2v) is 4.94. The van der Waals surface area contributed by atoms with Crippen LogP contribution in [0.15, 0.2) is 17.5 Å². The van der Waals surface area contributed by atoms with Gasteiger partial charge in [-0.05, 0) is 34.7 Å². The third-order valence-electron chi connectivity index (χ3n) is 1.75. The van der Waals surface area contributed by atoms with Gasteiger partial charge in [-0.2, -0.15) is 5.26 Å². The maximum atomic E-state index is 8.88. The zero-order valence-electron chi connectivity index (χ0n) is 6.34. The molecule has 0 amide bonds. The highest BCUT2D eigenvalue weighted by atomic mass is 127. The van der Waals surface area contributed by atoms with Crippen molar-refractivity contribution < 1.29 is 0 Å². The number of nitrogens with zero attached hydrogens (tertiary/aromatic N) is 1. The van der Waals surface area contributed by atoms with Gasteiger partial charge in [-0.15, -0.1) is 11.3 Å². The summed E-state index contributed by atoms with van der Waals surface area (Å²) in [4.78, 5) is 0. The number of fused-ring (bicyclic) bond motifs is 1. The zero-order chi connectivity index (χ0) is 9.42. The standard InChI is InChI=1S/C9H3ClINS/c10-6-2-1-5(3-12)8-7(11)4-13-9(6)8/h1-2,4H. The summed E-state index contributed by atoms with van der Waals surface area (Å²) in [6.45, 7) is 0. The molecule has 4 heteroatoms. The van der Waals surface area contributed by atoms with Crippen molar-refractivity contribution >= 4 is 55.6 Å². The SMILES string of the molecule is N#Cc1ccc(Cl)c2scc(I)c12. The van der Waals surface area contributed by atoms with Gasteiger partial charge in [-0.3, -0.25) is 0 Å². The van der Waals surface area contributed by atoms with Crippen LogP contribution in [0.3, 0.4) is 0 Å². The Morgan fingerprint density at radius 1 is 1.46 bits per heavy atom. The summed E-state index contributed by atoms with van der Waals surface area (Å²) in [5.74, 6) is 0. The maximum absolute atomic E-state index is 8.88. The molecule has 0 radical (unpaired) electrons. The van der Waals surface area contributed by atoms with Gasteiger partial charge < -0.3 is 0 Å². The molecule has 0 saturated heterocycles. The van der Waals surface area contributed by atoms with Crippen molar-refractivity contribution in [2.45, 2.75) is 0 Å². The number of hydrogen-bond donors (Lipinski definition) is 0. The normalized spacial score (nSPS) is 10.2. The smallest absolute Gasteiger partial charge is 0.0998 e. The lowest BCUT2D eigenvalue weighted by Gasteiger charge is -1.96. The highest BCUT2D eigenvalue weighted by molar-refractivity contribution is 14.1. The first-order valence-electron chi connectivity index (χ1n) is 3.49. The number of benzene rings is 1. The van der Waals surface area contributed by atoms with Crippen molar-refractivity contribution in [3.63, 3.8) is 0 Å². The van der Waals surface area contributed by atoms with E-state index in [4.69, 9.17) is 16.9 Å². The highest BCUT2D eigenvalue weighted by Gasteiger charge is 2.09. The average molecular weight is 320 g/mol. The predicted molar refractivity (Wildman–Crippen MR) is 64.3 cm³/mol. The largest absolute Gasteiger partial charge is 0.192 e. The first-order chi connectivity index (χ1) is 6.24. The van der Waals surface area contributed by atoms with Crippen LogP contribution in [0.1, 0.15) is 5.56 Å². The Morgan fingerprint density at radius 2 is 2.23 bits per heavy atom. The second-order valence-electron chi connectivity index (χ2n) is 2.49. The topological polar surface area (TPSA) is 23.8 Å². The molecule has 0 unspecified atom stereocenters. The minimum atomic E-state index is 0.699. The molecule has 2 rings (SSSR count). The molecular formula is C9H3ClINS. The van der Waals surface area contributed by atoms with Gasteiger partial charge in [0.1, 0.15) is 0 Å². The van der Waals surface area contributed by atoms with E-state index >= 15 is 0 Å². The molecule has 0 fully saturated rings. The fourth-order valence-electron chi connectivity index (χ4n) is 1.17. The summed E-state index contributed by atoms with van der Waals surface area (Å²) in [6.07, 6.45) is 0. The molecule has 2 aromatic rings. The van der Waals surface area contributed by atoms with Crippen LogP contribution >= 0.6 is 45.5 Å². The van der Waals surface area contributed by atoms with Gasteiger partial charge in [0.05, 0.1) is 21.4 Å². The molecule has 0 aliphatic rings. The molecule has 64 valence electrons. The molecule has 1 heterocycles. The molecule has 1 aromatic carbocycles. The third-order valence-corrected chi connectivity index (χ3v) is 4.46. The fourth-order valence-corrected chi connectivity index (χ4v) is 3.45. The summed E-state index contributed by atoms with van der Waals surface area (Å²) < 4.78 is 2.10. The lowest BCUT2D eigenvalue weighted by Crippen LogP contribution is -1.77. The van der Waals surface area contributed by atoms with Crippen LogP contribution in [0, 0.1) is 14.9 Å². The van der Waals surface area contributed by atoms with Crippen molar-refractivity contribution in [1.82, 2.24) is 0 Å². The van der Waals surface area contributed by atoms with E-state index in [9.17, 15) is 0 Å². The molecule has 0 saturated carbocycles. The van der Waals surface area contributed by atoms with Gasteiger partial charge in [0.15, 0.2) is 0 Å². The van der Waals surface area contributed by atoms with Crippen molar-refractivity contribution in [3.05, 3.63) is 31.7 Å². The van der Waals surface area contributed by atoms with Crippen LogP contribution in [-0.2, 0) is 0 Å². The van der Waals surface area contributed by atoms with E-state index in [-0.39, 0.29) is 0 Å². The second kappa shape index (κ2) is 3.45. The van der Waals surface area contributed by atoms with Gasteiger partial charge in [-0.25, -0.2) is 0 Å². The Labute approximate surface area is 98.1 Å². The Balaban J connectivity index is 2.99. The predicted octanol–water partition coefficient (Wildman–Crippen LogP) is 4.03. The number of hydrogen-bond acceptors (Lipinski definition) is 2. The van der Waals surface area contributed by atoms with E-state index in [2.05, 4.69) is 28.7 Å². The van der Waals surface area contributed by atoms with E-state index in [1.807, 2.05) is 5.38 Å². The molecule has 0 aliphatic carbocycles. The molecule has 1 nitrogen and oxygen atoms in total. The number of thiophene rings is 1. The quantitative estimate of drug-likeness (QED) is 0.673. The van der Waals surface area contributed by atoms with E-state index in [1.165, 1.54) is 0 Å². The fraction of sp³-hybridized carbons (Fsp3) is 0. The zero-order valence-corrected chi connectivity index (χ0v) is 10.1. The first-order valence-corrected chi connectivity index (χ1v) is 5.83. The van der Waals surface area contributed by atoms with Crippen molar-refractivity contribution in [2.24, 2.45) is 0 Å². The van der Waals surface area contributed by atoms with Crippen LogP contribution in [-0.4, -0.2) is 0 Å². The van der Waals surface area contributed by atoms with Crippen LogP contribution in [0.4, 0.5) is 0 Å². The molecule has 1 aromatic heterocycles. The van der Waals surface area contributed by atoms with Crippen LogP contribution in [0.2, 0.25) is 5.02 Å². The van der Waals surface area contributed by atoms with Crippen LogP contribution in [0.25, 0.3) is 10.1 Å². The Morgan fingerprint density at radius 3 is 2.92 bits per heavy atom. The first kappa shape index (κ1) is 9.25. The molecule has 0 spiro atoms. The molecule has 0 bridgehead atoms. The van der Waals surface area contributed by atoms with Gasteiger partial charge >= 0.3 is 0 Å². The molecule has 0 N–H and O–H groups in total. The molecule has 0 atom stereocenters.